The van der Waals surface area contributed by atoms with Gasteiger partial charge < -0.3 is 20.2 Å². The van der Waals surface area contributed by atoms with Crippen LogP contribution in [0.2, 0.25) is 0 Å². The SMILES string of the molecule is NC(=S)COc1cccc(NC(=O)c2ccoc2Br)c1. The van der Waals surface area contributed by atoms with Gasteiger partial charge in [0.05, 0.1) is 11.8 Å². The van der Waals surface area contributed by atoms with Crippen molar-refractivity contribution in [2.24, 2.45) is 5.73 Å². The fourth-order valence-electron chi connectivity index (χ4n) is 1.47. The Bertz CT molecular complexity index is 642. The van der Waals surface area contributed by atoms with Crippen molar-refractivity contribution in [2.75, 3.05) is 11.9 Å². The molecule has 0 aliphatic carbocycles. The van der Waals surface area contributed by atoms with Gasteiger partial charge in [0, 0.05) is 11.8 Å². The molecule has 2 aromatic rings. The molecule has 0 saturated heterocycles. The van der Waals surface area contributed by atoms with E-state index in [1.165, 1.54) is 6.26 Å². The molecule has 1 heterocycles. The van der Waals surface area contributed by atoms with Gasteiger partial charge in [-0.05, 0) is 34.1 Å². The molecule has 0 fully saturated rings. The molecule has 0 saturated carbocycles. The van der Waals surface area contributed by atoms with Crippen LogP contribution in [0.4, 0.5) is 5.69 Å². The smallest absolute Gasteiger partial charge is 0.260 e. The Morgan fingerprint density at radius 1 is 1.45 bits per heavy atom. The first kappa shape index (κ1) is 14.5. The molecular weight excluding hydrogens is 344 g/mol. The lowest BCUT2D eigenvalue weighted by Gasteiger charge is -2.08. The van der Waals surface area contributed by atoms with Crippen molar-refractivity contribution < 1.29 is 13.9 Å². The number of halogens is 1. The summed E-state index contributed by atoms with van der Waals surface area (Å²) in [6, 6.07) is 8.52. The van der Waals surface area contributed by atoms with E-state index in [0.717, 1.165) is 0 Å². The van der Waals surface area contributed by atoms with Gasteiger partial charge >= 0.3 is 0 Å². The molecule has 0 aliphatic heterocycles. The van der Waals surface area contributed by atoms with Crippen molar-refractivity contribution >= 4 is 44.7 Å². The summed E-state index contributed by atoms with van der Waals surface area (Å²) in [6.07, 6.45) is 1.43. The van der Waals surface area contributed by atoms with Gasteiger partial charge in [0.1, 0.15) is 17.3 Å². The zero-order chi connectivity index (χ0) is 14.5. The standard InChI is InChI=1S/C13H11BrN2O3S/c14-12-10(4-5-18-12)13(17)16-8-2-1-3-9(6-8)19-7-11(15)20/h1-6H,7H2,(H2,15,20)(H,16,17). The highest BCUT2D eigenvalue weighted by molar-refractivity contribution is 9.10. The van der Waals surface area contributed by atoms with Gasteiger partial charge in [0.15, 0.2) is 4.67 Å². The molecule has 5 nitrogen and oxygen atoms in total. The van der Waals surface area contributed by atoms with E-state index in [1.54, 1.807) is 30.3 Å². The van der Waals surface area contributed by atoms with Gasteiger partial charge in [-0.15, -0.1) is 0 Å². The summed E-state index contributed by atoms with van der Waals surface area (Å²) < 4.78 is 10.8. The number of anilines is 1. The molecule has 0 aliphatic rings. The minimum absolute atomic E-state index is 0.153. The van der Waals surface area contributed by atoms with Gasteiger partial charge in [0.25, 0.3) is 5.91 Å². The molecule has 0 radical (unpaired) electrons. The molecule has 3 N–H and O–H groups in total. The number of carbonyl (C=O) groups is 1. The van der Waals surface area contributed by atoms with E-state index in [0.29, 0.717) is 21.7 Å². The Hall–Kier alpha value is -1.86. The summed E-state index contributed by atoms with van der Waals surface area (Å²) in [4.78, 5) is 12.3. The predicted octanol–water partition coefficient (Wildman–Crippen LogP) is 2.96. The monoisotopic (exact) mass is 354 g/mol. The molecule has 7 heteroatoms. The maximum absolute atomic E-state index is 12.0. The van der Waals surface area contributed by atoms with Crippen molar-refractivity contribution in [3.63, 3.8) is 0 Å². The van der Waals surface area contributed by atoms with E-state index >= 15 is 0 Å². The molecule has 0 atom stereocenters. The Morgan fingerprint density at radius 3 is 2.90 bits per heavy atom. The van der Waals surface area contributed by atoms with Crippen molar-refractivity contribution in [1.29, 1.82) is 0 Å². The van der Waals surface area contributed by atoms with E-state index in [-0.39, 0.29) is 17.5 Å². The van der Waals surface area contributed by atoms with Crippen LogP contribution in [0.5, 0.6) is 5.75 Å². The molecule has 0 bridgehead atoms. The van der Waals surface area contributed by atoms with Gasteiger partial charge in [0.2, 0.25) is 0 Å². The highest BCUT2D eigenvalue weighted by Crippen LogP contribution is 2.21. The van der Waals surface area contributed by atoms with Crippen molar-refractivity contribution in [3.05, 3.63) is 46.8 Å². The van der Waals surface area contributed by atoms with Crippen LogP contribution in [0, 0.1) is 0 Å². The van der Waals surface area contributed by atoms with Crippen LogP contribution in [0.3, 0.4) is 0 Å². The number of amides is 1. The van der Waals surface area contributed by atoms with Gasteiger partial charge in [-0.2, -0.15) is 0 Å². The Morgan fingerprint density at radius 2 is 2.25 bits per heavy atom. The molecular formula is C13H11BrN2O3S. The number of ether oxygens (including phenoxy) is 1. The fourth-order valence-corrected chi connectivity index (χ4v) is 1.95. The highest BCUT2D eigenvalue weighted by atomic mass is 79.9. The number of thiocarbonyl (C=S) groups is 1. The topological polar surface area (TPSA) is 77.5 Å². The Balaban J connectivity index is 2.06. The zero-order valence-corrected chi connectivity index (χ0v) is 12.7. The molecule has 0 unspecified atom stereocenters. The number of furan rings is 1. The van der Waals surface area contributed by atoms with Crippen LogP contribution >= 0.6 is 28.1 Å². The third-order valence-electron chi connectivity index (χ3n) is 2.34. The summed E-state index contributed by atoms with van der Waals surface area (Å²) in [5.41, 5.74) is 6.38. The average Bonchev–Trinajstić information content (AvgIpc) is 2.83. The Kier molecular flexibility index (Phi) is 4.75. The third-order valence-corrected chi connectivity index (χ3v) is 3.07. The lowest BCUT2D eigenvalue weighted by atomic mass is 10.2. The number of nitrogens with one attached hydrogen (secondary N) is 1. The van der Waals surface area contributed by atoms with Crippen LogP contribution in [0.1, 0.15) is 10.4 Å². The first-order chi connectivity index (χ1) is 9.56. The number of nitrogens with two attached hydrogens (primary N) is 1. The first-order valence-corrected chi connectivity index (χ1v) is 6.82. The summed E-state index contributed by atoms with van der Waals surface area (Å²) in [5, 5.41) is 2.74. The van der Waals surface area contributed by atoms with E-state index < -0.39 is 0 Å². The highest BCUT2D eigenvalue weighted by Gasteiger charge is 2.12. The average molecular weight is 355 g/mol. The second kappa shape index (κ2) is 6.53. The Labute approximate surface area is 129 Å². The van der Waals surface area contributed by atoms with Crippen LogP contribution < -0.4 is 15.8 Å². The van der Waals surface area contributed by atoms with Crippen LogP contribution in [0.15, 0.2) is 45.7 Å². The number of benzene rings is 1. The zero-order valence-electron chi connectivity index (χ0n) is 10.3. The van der Waals surface area contributed by atoms with Gasteiger partial charge in [-0.3, -0.25) is 4.79 Å². The maximum atomic E-state index is 12.0. The lowest BCUT2D eigenvalue weighted by molar-refractivity contribution is 0.102. The summed E-state index contributed by atoms with van der Waals surface area (Å²) >= 11 is 7.89. The normalized spacial score (nSPS) is 10.1. The van der Waals surface area contributed by atoms with Crippen LogP contribution in [-0.2, 0) is 0 Å². The molecule has 1 aromatic carbocycles. The number of hydrogen-bond acceptors (Lipinski definition) is 4. The van der Waals surface area contributed by atoms with Crippen molar-refractivity contribution in [1.82, 2.24) is 0 Å². The summed E-state index contributed by atoms with van der Waals surface area (Å²) in [7, 11) is 0. The second-order valence-electron chi connectivity index (χ2n) is 3.84. The molecule has 2 rings (SSSR count). The third kappa shape index (κ3) is 3.82. The van der Waals surface area contributed by atoms with E-state index in [9.17, 15) is 4.79 Å². The van der Waals surface area contributed by atoms with Crippen LogP contribution in [0.25, 0.3) is 0 Å². The van der Waals surface area contributed by atoms with Gasteiger partial charge in [-0.25, -0.2) is 0 Å². The largest absolute Gasteiger partial charge is 0.486 e. The van der Waals surface area contributed by atoms with Gasteiger partial charge in [-0.1, -0.05) is 18.3 Å². The van der Waals surface area contributed by atoms with Crippen LogP contribution in [-0.4, -0.2) is 17.5 Å². The van der Waals surface area contributed by atoms with E-state index in [4.69, 9.17) is 27.1 Å². The summed E-state index contributed by atoms with van der Waals surface area (Å²) in [6.45, 7) is 0.153. The minimum Gasteiger partial charge on any atom is -0.486 e. The molecule has 20 heavy (non-hydrogen) atoms. The minimum atomic E-state index is -0.280. The number of rotatable bonds is 5. The number of carbonyl (C=O) groups excluding carboxylic acids is 1. The van der Waals surface area contributed by atoms with E-state index in [2.05, 4.69) is 21.2 Å². The van der Waals surface area contributed by atoms with Crippen molar-refractivity contribution in [2.45, 2.75) is 0 Å². The van der Waals surface area contributed by atoms with Crippen molar-refractivity contribution in [3.8, 4) is 5.75 Å². The fraction of sp³-hybridized carbons (Fsp3) is 0.0769. The molecule has 0 spiro atoms. The summed E-state index contributed by atoms with van der Waals surface area (Å²) in [5.74, 6) is 0.291. The molecule has 1 amide bonds. The molecule has 104 valence electrons. The quantitative estimate of drug-likeness (QED) is 0.807. The molecule has 1 aromatic heterocycles. The number of hydrogen-bond donors (Lipinski definition) is 2. The van der Waals surface area contributed by atoms with E-state index in [1.807, 2.05) is 0 Å². The second-order valence-corrected chi connectivity index (χ2v) is 5.09. The lowest BCUT2D eigenvalue weighted by Crippen LogP contribution is -2.18. The predicted molar refractivity (Wildman–Crippen MR) is 83.1 cm³/mol. The maximum Gasteiger partial charge on any atom is 0.260 e. The first-order valence-electron chi connectivity index (χ1n) is 5.62.